The van der Waals surface area contributed by atoms with E-state index in [0.29, 0.717) is 12.6 Å². The highest BCUT2D eigenvalue weighted by Crippen LogP contribution is 2.17. The van der Waals surface area contributed by atoms with Gasteiger partial charge in [0.1, 0.15) is 0 Å². The molecule has 0 bridgehead atoms. The molecule has 14 heavy (non-hydrogen) atoms. The molecule has 0 aliphatic carbocycles. The first-order chi connectivity index (χ1) is 6.88. The molecule has 0 radical (unpaired) electrons. The van der Waals surface area contributed by atoms with Crippen molar-refractivity contribution >= 4 is 0 Å². The molecule has 0 spiro atoms. The Bertz CT molecular complexity index is 138. The van der Waals surface area contributed by atoms with E-state index >= 15 is 0 Å². The lowest BCUT2D eigenvalue weighted by Crippen LogP contribution is -2.32. The average molecular weight is 199 g/mol. The Hall–Kier alpha value is -0.0800. The van der Waals surface area contributed by atoms with E-state index in [1.165, 1.54) is 58.0 Å². The summed E-state index contributed by atoms with van der Waals surface area (Å²) >= 11 is 0. The van der Waals surface area contributed by atoms with Gasteiger partial charge in [-0.15, -0.1) is 0 Å². The van der Waals surface area contributed by atoms with Gasteiger partial charge in [-0.3, -0.25) is 4.90 Å². The van der Waals surface area contributed by atoms with Crippen LogP contribution in [0.5, 0.6) is 0 Å². The molecule has 1 N–H and O–H groups in total. The van der Waals surface area contributed by atoms with Crippen LogP contribution < -0.4 is 0 Å². The zero-order valence-corrected chi connectivity index (χ0v) is 9.54. The largest absolute Gasteiger partial charge is 0.395 e. The molecule has 84 valence electrons. The molecule has 1 rings (SSSR count). The third-order valence-electron chi connectivity index (χ3n) is 3.26. The molecule has 2 nitrogen and oxygen atoms in total. The van der Waals surface area contributed by atoms with Crippen molar-refractivity contribution in [3.8, 4) is 0 Å². The van der Waals surface area contributed by atoms with Crippen LogP contribution in [0.15, 0.2) is 0 Å². The highest BCUT2D eigenvalue weighted by Gasteiger charge is 2.22. The van der Waals surface area contributed by atoms with Crippen molar-refractivity contribution in [2.45, 2.75) is 57.9 Å². The molecule has 1 aliphatic heterocycles. The van der Waals surface area contributed by atoms with Gasteiger partial charge < -0.3 is 5.11 Å². The molecule has 0 aromatic carbocycles. The van der Waals surface area contributed by atoms with E-state index in [9.17, 15) is 0 Å². The van der Waals surface area contributed by atoms with Crippen LogP contribution in [0.4, 0.5) is 0 Å². The van der Waals surface area contributed by atoms with Crippen molar-refractivity contribution in [3.05, 3.63) is 0 Å². The van der Waals surface area contributed by atoms with E-state index in [2.05, 4.69) is 11.8 Å². The maximum Gasteiger partial charge on any atom is 0.0586 e. The van der Waals surface area contributed by atoms with Gasteiger partial charge in [0.15, 0.2) is 0 Å². The van der Waals surface area contributed by atoms with Gasteiger partial charge in [-0.25, -0.2) is 0 Å². The van der Waals surface area contributed by atoms with Crippen molar-refractivity contribution < 1.29 is 5.11 Å². The zero-order chi connectivity index (χ0) is 10.2. The molecular formula is C12H25NO. The number of aliphatic hydroxyl groups excluding tert-OH is 1. The lowest BCUT2D eigenvalue weighted by Gasteiger charge is -2.22. The Labute approximate surface area is 88.3 Å². The first-order valence-electron chi connectivity index (χ1n) is 6.23. The van der Waals surface area contributed by atoms with Crippen LogP contribution in [0.2, 0.25) is 0 Å². The number of aliphatic hydroxyl groups is 1. The molecule has 0 unspecified atom stereocenters. The first kappa shape index (κ1) is 12.0. The summed E-state index contributed by atoms with van der Waals surface area (Å²) in [5.74, 6) is 0. The average Bonchev–Trinajstić information content (AvgIpc) is 2.65. The second-order valence-electron chi connectivity index (χ2n) is 4.43. The topological polar surface area (TPSA) is 23.5 Å². The van der Waals surface area contributed by atoms with E-state index in [-0.39, 0.29) is 0 Å². The van der Waals surface area contributed by atoms with Crippen molar-refractivity contribution in [2.75, 3.05) is 19.7 Å². The highest BCUT2D eigenvalue weighted by molar-refractivity contribution is 4.77. The third-order valence-corrected chi connectivity index (χ3v) is 3.26. The maximum absolute atomic E-state index is 9.14. The van der Waals surface area contributed by atoms with Crippen LogP contribution in [-0.2, 0) is 0 Å². The van der Waals surface area contributed by atoms with Gasteiger partial charge in [0.05, 0.1) is 6.61 Å². The Kier molecular flexibility index (Phi) is 6.20. The smallest absolute Gasteiger partial charge is 0.0586 e. The van der Waals surface area contributed by atoms with Gasteiger partial charge in [-0.1, -0.05) is 32.6 Å². The van der Waals surface area contributed by atoms with Crippen LogP contribution in [-0.4, -0.2) is 35.7 Å². The summed E-state index contributed by atoms with van der Waals surface area (Å²) in [5.41, 5.74) is 0. The van der Waals surface area contributed by atoms with Gasteiger partial charge in [0.25, 0.3) is 0 Å². The Morgan fingerprint density at radius 2 is 2.00 bits per heavy atom. The van der Waals surface area contributed by atoms with E-state index in [1.54, 1.807) is 0 Å². The number of likely N-dealkylation sites (tertiary alicyclic amines) is 1. The minimum Gasteiger partial charge on any atom is -0.395 e. The first-order valence-corrected chi connectivity index (χ1v) is 6.23. The summed E-state index contributed by atoms with van der Waals surface area (Å²) in [7, 11) is 0. The molecule has 2 heteroatoms. The van der Waals surface area contributed by atoms with Gasteiger partial charge in [0, 0.05) is 6.04 Å². The molecule has 1 saturated heterocycles. The Morgan fingerprint density at radius 3 is 2.71 bits per heavy atom. The lowest BCUT2D eigenvalue weighted by atomic mass is 10.1. The normalized spacial score (nSPS) is 23.1. The van der Waals surface area contributed by atoms with Crippen molar-refractivity contribution in [1.29, 1.82) is 0 Å². The Morgan fingerprint density at radius 1 is 1.21 bits per heavy atom. The second-order valence-corrected chi connectivity index (χ2v) is 4.43. The predicted molar refractivity (Wildman–Crippen MR) is 60.4 cm³/mol. The summed E-state index contributed by atoms with van der Waals surface area (Å²) in [5, 5.41) is 9.14. The van der Waals surface area contributed by atoms with Crippen LogP contribution in [0.25, 0.3) is 0 Å². The summed E-state index contributed by atoms with van der Waals surface area (Å²) in [4.78, 5) is 2.46. The van der Waals surface area contributed by atoms with E-state index in [0.717, 1.165) is 0 Å². The highest BCUT2D eigenvalue weighted by atomic mass is 16.3. The van der Waals surface area contributed by atoms with Gasteiger partial charge >= 0.3 is 0 Å². The minimum absolute atomic E-state index is 0.356. The van der Waals surface area contributed by atoms with E-state index in [4.69, 9.17) is 5.11 Å². The zero-order valence-electron chi connectivity index (χ0n) is 9.54. The van der Waals surface area contributed by atoms with Gasteiger partial charge in [-0.2, -0.15) is 0 Å². The monoisotopic (exact) mass is 199 g/mol. The van der Waals surface area contributed by atoms with Gasteiger partial charge in [-0.05, 0) is 32.4 Å². The fraction of sp³-hybridized carbons (Fsp3) is 1.00. The standard InChI is InChI=1S/C12H25NO/c1-2-3-4-5-6-9-13-10-7-8-12(13)11-14/h12,14H,2-11H2,1H3/t12-/m0/s1. The predicted octanol–water partition coefficient (Wildman–Crippen LogP) is 2.41. The third kappa shape index (κ3) is 3.97. The summed E-state index contributed by atoms with van der Waals surface area (Å²) in [6.07, 6.45) is 9.24. The molecular weight excluding hydrogens is 174 g/mol. The number of nitrogens with zero attached hydrogens (tertiary/aromatic N) is 1. The fourth-order valence-corrected chi connectivity index (χ4v) is 2.31. The van der Waals surface area contributed by atoms with Crippen molar-refractivity contribution in [1.82, 2.24) is 4.90 Å². The van der Waals surface area contributed by atoms with Crippen LogP contribution in [0.3, 0.4) is 0 Å². The van der Waals surface area contributed by atoms with Crippen molar-refractivity contribution in [3.63, 3.8) is 0 Å². The number of hydrogen-bond acceptors (Lipinski definition) is 2. The van der Waals surface area contributed by atoms with Crippen LogP contribution >= 0.6 is 0 Å². The SMILES string of the molecule is CCCCCCCN1CCC[C@H]1CO. The summed E-state index contributed by atoms with van der Waals surface area (Å²) in [6.45, 7) is 5.02. The molecule has 0 amide bonds. The quantitative estimate of drug-likeness (QED) is 0.636. The maximum atomic E-state index is 9.14. The number of rotatable bonds is 7. The Balaban J connectivity index is 2.00. The lowest BCUT2D eigenvalue weighted by molar-refractivity contribution is 0.157. The van der Waals surface area contributed by atoms with E-state index < -0.39 is 0 Å². The summed E-state index contributed by atoms with van der Waals surface area (Å²) < 4.78 is 0. The number of unbranched alkanes of at least 4 members (excludes halogenated alkanes) is 4. The van der Waals surface area contributed by atoms with Crippen LogP contribution in [0, 0.1) is 0 Å². The molecule has 1 aliphatic rings. The molecule has 0 aromatic rings. The van der Waals surface area contributed by atoms with Gasteiger partial charge in [0.2, 0.25) is 0 Å². The minimum atomic E-state index is 0.356. The fourth-order valence-electron chi connectivity index (χ4n) is 2.31. The second kappa shape index (κ2) is 7.24. The number of hydrogen-bond donors (Lipinski definition) is 1. The molecule has 1 fully saturated rings. The summed E-state index contributed by atoms with van der Waals surface area (Å²) in [6, 6.07) is 0.473. The van der Waals surface area contributed by atoms with E-state index in [1.807, 2.05) is 0 Å². The van der Waals surface area contributed by atoms with Crippen LogP contribution in [0.1, 0.15) is 51.9 Å². The molecule has 0 aromatic heterocycles. The molecule has 1 atom stereocenters. The molecule has 0 saturated carbocycles. The molecule has 1 heterocycles. The van der Waals surface area contributed by atoms with Crippen molar-refractivity contribution in [2.24, 2.45) is 0 Å².